The highest BCUT2D eigenvalue weighted by Crippen LogP contribution is 2.23. The van der Waals surface area contributed by atoms with Crippen LogP contribution in [0.5, 0.6) is 0 Å². The minimum atomic E-state index is -1.57. The predicted molar refractivity (Wildman–Crippen MR) is 253 cm³/mol. The summed E-state index contributed by atoms with van der Waals surface area (Å²) in [5, 5.41) is 54.3. The molecule has 0 aliphatic carbocycles. The van der Waals surface area contributed by atoms with Gasteiger partial charge in [0.1, 0.15) is 24.4 Å². The van der Waals surface area contributed by atoms with Gasteiger partial charge in [0.25, 0.3) is 0 Å². The Morgan fingerprint density at radius 3 is 1.38 bits per heavy atom. The second-order valence-electron chi connectivity index (χ2n) is 18.0. The molecule has 0 aromatic rings. The molecule has 0 saturated carbocycles. The number of hydrogen-bond acceptors (Lipinski definition) is 8. The topological polar surface area (TPSA) is 149 Å². The highest BCUT2D eigenvalue weighted by molar-refractivity contribution is 5.76. The normalized spacial score (nSPS) is 20.7. The Hall–Kier alpha value is -1.59. The zero-order valence-electron chi connectivity index (χ0n) is 39.4. The molecule has 0 spiro atoms. The Morgan fingerprint density at radius 2 is 0.934 bits per heavy atom. The molecule has 1 aliphatic heterocycles. The monoisotopic (exact) mass is 864 g/mol. The molecular weight excluding hydrogens is 767 g/mol. The van der Waals surface area contributed by atoms with Crippen LogP contribution in [0.2, 0.25) is 0 Å². The number of aliphatic hydroxyl groups is 5. The summed E-state index contributed by atoms with van der Waals surface area (Å²) < 4.78 is 11.2. The van der Waals surface area contributed by atoms with Crippen molar-refractivity contribution < 1.29 is 39.8 Å². The van der Waals surface area contributed by atoms with Crippen LogP contribution >= 0.6 is 0 Å². The smallest absolute Gasteiger partial charge is 0.220 e. The molecule has 7 unspecified atom stereocenters. The molecule has 1 rings (SSSR count). The number of carbonyl (C=O) groups is 1. The standard InChI is InChI=1S/C52H97NO8/c1-3-5-7-9-11-13-15-17-19-20-21-22-23-24-25-26-27-28-29-31-33-35-37-39-41-46(55)45(44-60-52-51(59)50(58)49(57)47(43-54)61-52)53-48(56)42-40-38-36-34-32-30-18-16-14-12-10-8-6-4-2/h16,18,31,33,39,41,45-47,49-52,54-55,57-59H,3-15,17,19-30,32,34-38,40,42-44H2,1-2H3,(H,53,56)/b18-16-,33-31+,41-39+. The van der Waals surface area contributed by atoms with Crippen LogP contribution in [0, 0.1) is 0 Å². The van der Waals surface area contributed by atoms with Gasteiger partial charge in [-0.05, 0) is 57.8 Å². The van der Waals surface area contributed by atoms with Crippen molar-refractivity contribution in [3.8, 4) is 0 Å². The molecule has 61 heavy (non-hydrogen) atoms. The van der Waals surface area contributed by atoms with Crippen LogP contribution in [0.25, 0.3) is 0 Å². The molecule has 7 atom stereocenters. The highest BCUT2D eigenvalue weighted by atomic mass is 16.7. The molecule has 0 radical (unpaired) electrons. The largest absolute Gasteiger partial charge is 0.394 e. The van der Waals surface area contributed by atoms with E-state index in [0.717, 1.165) is 57.8 Å². The summed E-state index contributed by atoms with van der Waals surface area (Å²) in [7, 11) is 0. The Kier molecular flexibility index (Phi) is 39.9. The van der Waals surface area contributed by atoms with Crippen molar-refractivity contribution in [3.63, 3.8) is 0 Å². The van der Waals surface area contributed by atoms with Gasteiger partial charge in [-0.15, -0.1) is 0 Å². The van der Waals surface area contributed by atoms with Crippen LogP contribution in [0.3, 0.4) is 0 Å². The van der Waals surface area contributed by atoms with Gasteiger partial charge in [0.2, 0.25) is 5.91 Å². The molecule has 6 N–H and O–H groups in total. The number of hydrogen-bond donors (Lipinski definition) is 6. The molecule has 9 heteroatoms. The minimum Gasteiger partial charge on any atom is -0.394 e. The number of allylic oxidation sites excluding steroid dienone is 5. The van der Waals surface area contributed by atoms with E-state index >= 15 is 0 Å². The first-order valence-electron chi connectivity index (χ1n) is 25.7. The van der Waals surface area contributed by atoms with E-state index in [9.17, 15) is 30.3 Å². The van der Waals surface area contributed by atoms with Gasteiger partial charge in [0.05, 0.1) is 25.4 Å². The van der Waals surface area contributed by atoms with E-state index in [0.29, 0.717) is 6.42 Å². The quantitative estimate of drug-likeness (QED) is 0.0262. The number of carbonyl (C=O) groups excluding carboxylic acids is 1. The summed E-state index contributed by atoms with van der Waals surface area (Å²) in [6, 6.07) is -0.824. The fourth-order valence-corrected chi connectivity index (χ4v) is 8.05. The van der Waals surface area contributed by atoms with E-state index < -0.39 is 49.5 Å². The van der Waals surface area contributed by atoms with Crippen LogP contribution in [-0.4, -0.2) is 87.5 Å². The molecule has 1 fully saturated rings. The fourth-order valence-electron chi connectivity index (χ4n) is 8.05. The fraction of sp³-hybridized carbons (Fsp3) is 0.865. The molecule has 0 bridgehead atoms. The summed E-state index contributed by atoms with van der Waals surface area (Å²) >= 11 is 0. The van der Waals surface area contributed by atoms with Crippen molar-refractivity contribution in [2.75, 3.05) is 13.2 Å². The molecule has 0 aromatic carbocycles. The van der Waals surface area contributed by atoms with Gasteiger partial charge in [-0.1, -0.05) is 204 Å². The molecule has 1 saturated heterocycles. The first kappa shape index (κ1) is 57.4. The van der Waals surface area contributed by atoms with Crippen LogP contribution in [0.15, 0.2) is 36.5 Å². The van der Waals surface area contributed by atoms with E-state index in [2.05, 4.69) is 43.5 Å². The van der Waals surface area contributed by atoms with Crippen LogP contribution < -0.4 is 5.32 Å². The Labute approximate surface area is 374 Å². The maximum atomic E-state index is 13.0. The van der Waals surface area contributed by atoms with Crippen LogP contribution in [0.4, 0.5) is 0 Å². The summed E-state index contributed by atoms with van der Waals surface area (Å²) in [5.74, 6) is -0.195. The zero-order chi connectivity index (χ0) is 44.4. The number of amides is 1. The number of aliphatic hydroxyl groups excluding tert-OH is 5. The van der Waals surface area contributed by atoms with E-state index in [-0.39, 0.29) is 12.5 Å². The third-order valence-electron chi connectivity index (χ3n) is 12.2. The zero-order valence-corrected chi connectivity index (χ0v) is 39.4. The second kappa shape index (κ2) is 42.4. The van der Waals surface area contributed by atoms with Gasteiger partial charge in [-0.2, -0.15) is 0 Å². The molecular formula is C52H97NO8. The summed E-state index contributed by atoms with van der Waals surface area (Å²) in [5.41, 5.74) is 0. The minimum absolute atomic E-state index is 0.195. The number of ether oxygens (including phenoxy) is 2. The van der Waals surface area contributed by atoms with Crippen molar-refractivity contribution in [2.45, 2.75) is 275 Å². The first-order chi connectivity index (χ1) is 29.8. The molecule has 358 valence electrons. The van der Waals surface area contributed by atoms with Gasteiger partial charge in [0.15, 0.2) is 6.29 Å². The Bertz CT molecular complexity index is 1050. The maximum Gasteiger partial charge on any atom is 0.220 e. The Balaban J connectivity index is 2.30. The molecule has 0 aromatic heterocycles. The van der Waals surface area contributed by atoms with Crippen LogP contribution in [0.1, 0.15) is 232 Å². The molecule has 9 nitrogen and oxygen atoms in total. The SMILES string of the molecule is CCCCCCC/C=C\CCCCCCCC(=O)NC(COC1OC(CO)C(O)C(O)C1O)C(O)/C=C/CC/C=C/CCCCCCCCCCCCCCCCCCCC. The lowest BCUT2D eigenvalue weighted by Gasteiger charge is -2.40. The summed E-state index contributed by atoms with van der Waals surface area (Å²) in [4.78, 5) is 13.0. The second-order valence-corrected chi connectivity index (χ2v) is 18.0. The maximum absolute atomic E-state index is 13.0. The average Bonchev–Trinajstić information content (AvgIpc) is 3.26. The van der Waals surface area contributed by atoms with Crippen molar-refractivity contribution in [3.05, 3.63) is 36.5 Å². The van der Waals surface area contributed by atoms with Gasteiger partial charge in [-0.25, -0.2) is 0 Å². The van der Waals surface area contributed by atoms with Gasteiger partial charge < -0.3 is 40.3 Å². The first-order valence-corrected chi connectivity index (χ1v) is 25.7. The van der Waals surface area contributed by atoms with E-state index in [1.165, 1.54) is 154 Å². The lowest BCUT2D eigenvalue weighted by Crippen LogP contribution is -2.60. The van der Waals surface area contributed by atoms with E-state index in [1.807, 2.05) is 6.08 Å². The third-order valence-corrected chi connectivity index (χ3v) is 12.2. The number of unbranched alkanes of at least 4 members (excludes halogenated alkanes) is 29. The van der Waals surface area contributed by atoms with E-state index in [4.69, 9.17) is 9.47 Å². The molecule has 1 aliphatic rings. The summed E-state index contributed by atoms with van der Waals surface area (Å²) in [6.07, 6.45) is 46.3. The van der Waals surface area contributed by atoms with Crippen molar-refractivity contribution in [1.82, 2.24) is 5.32 Å². The molecule has 1 heterocycles. The van der Waals surface area contributed by atoms with Crippen molar-refractivity contribution in [1.29, 1.82) is 0 Å². The highest BCUT2D eigenvalue weighted by Gasteiger charge is 2.44. The number of rotatable bonds is 43. The Morgan fingerprint density at radius 1 is 0.541 bits per heavy atom. The van der Waals surface area contributed by atoms with Crippen LogP contribution in [-0.2, 0) is 14.3 Å². The lowest BCUT2D eigenvalue weighted by atomic mass is 9.99. The summed E-state index contributed by atoms with van der Waals surface area (Å²) in [6.45, 7) is 3.75. The van der Waals surface area contributed by atoms with Crippen molar-refractivity contribution in [2.24, 2.45) is 0 Å². The average molecular weight is 864 g/mol. The molecule has 1 amide bonds. The van der Waals surface area contributed by atoms with Crippen molar-refractivity contribution >= 4 is 5.91 Å². The van der Waals surface area contributed by atoms with Gasteiger partial charge >= 0.3 is 0 Å². The van der Waals surface area contributed by atoms with E-state index in [1.54, 1.807) is 6.08 Å². The number of nitrogens with one attached hydrogen (secondary N) is 1. The van der Waals surface area contributed by atoms with Gasteiger partial charge in [-0.3, -0.25) is 4.79 Å². The third kappa shape index (κ3) is 32.7. The predicted octanol–water partition coefficient (Wildman–Crippen LogP) is 11.6. The lowest BCUT2D eigenvalue weighted by molar-refractivity contribution is -0.302. The van der Waals surface area contributed by atoms with Gasteiger partial charge in [0, 0.05) is 6.42 Å².